The Morgan fingerprint density at radius 3 is 2.80 bits per heavy atom. The standard InChI is InChI=1S/C17H15Cl2N3O3/c18-10-5-9(7-21-16(10)19)22-17(24)14-12-6-11(23)15(25-12)13(14)8-1-3-20-4-2-8/h1-5,7,11-15,23H,6H2,(H,22,24)/t11-,12+,13+,14?,15-/m1/s1. The van der Waals surface area contributed by atoms with Crippen LogP contribution in [0, 0.1) is 5.92 Å². The van der Waals surface area contributed by atoms with Crippen LogP contribution in [0.2, 0.25) is 10.2 Å². The van der Waals surface area contributed by atoms with Crippen LogP contribution in [-0.2, 0) is 9.53 Å². The zero-order chi connectivity index (χ0) is 17.6. The van der Waals surface area contributed by atoms with Crippen molar-refractivity contribution in [2.75, 3.05) is 5.32 Å². The third-order valence-electron chi connectivity index (χ3n) is 4.78. The molecule has 0 aromatic carbocycles. The molecule has 4 rings (SSSR count). The number of carbonyl (C=O) groups excluding carboxylic acids is 1. The zero-order valence-electron chi connectivity index (χ0n) is 13.0. The van der Waals surface area contributed by atoms with E-state index in [9.17, 15) is 9.90 Å². The van der Waals surface area contributed by atoms with Crippen molar-refractivity contribution in [3.63, 3.8) is 0 Å². The van der Waals surface area contributed by atoms with E-state index in [1.165, 1.54) is 6.20 Å². The van der Waals surface area contributed by atoms with Crippen molar-refractivity contribution in [2.45, 2.75) is 30.7 Å². The number of ether oxygens (including phenoxy) is 1. The molecule has 2 bridgehead atoms. The van der Waals surface area contributed by atoms with Crippen LogP contribution in [-0.4, -0.2) is 39.3 Å². The Labute approximate surface area is 154 Å². The first-order valence-electron chi connectivity index (χ1n) is 7.90. The van der Waals surface area contributed by atoms with Crippen LogP contribution in [0.4, 0.5) is 5.69 Å². The van der Waals surface area contributed by atoms with Gasteiger partial charge < -0.3 is 15.2 Å². The second kappa shape index (κ2) is 6.53. The van der Waals surface area contributed by atoms with Crippen molar-refractivity contribution < 1.29 is 14.6 Å². The van der Waals surface area contributed by atoms with Crippen molar-refractivity contribution in [1.82, 2.24) is 9.97 Å². The minimum Gasteiger partial charge on any atom is -0.390 e. The summed E-state index contributed by atoms with van der Waals surface area (Å²) in [4.78, 5) is 20.8. The Morgan fingerprint density at radius 2 is 2.08 bits per heavy atom. The van der Waals surface area contributed by atoms with Gasteiger partial charge >= 0.3 is 0 Å². The lowest BCUT2D eigenvalue weighted by Crippen LogP contribution is -2.41. The van der Waals surface area contributed by atoms with Crippen LogP contribution >= 0.6 is 23.2 Å². The molecular formula is C17H15Cl2N3O3. The Balaban J connectivity index is 1.61. The zero-order valence-corrected chi connectivity index (χ0v) is 14.5. The number of anilines is 1. The van der Waals surface area contributed by atoms with Gasteiger partial charge in [-0.15, -0.1) is 0 Å². The highest BCUT2D eigenvalue weighted by molar-refractivity contribution is 6.41. The van der Waals surface area contributed by atoms with E-state index >= 15 is 0 Å². The van der Waals surface area contributed by atoms with Gasteiger partial charge in [0.2, 0.25) is 5.91 Å². The molecule has 8 heteroatoms. The Kier molecular flexibility index (Phi) is 4.37. The van der Waals surface area contributed by atoms with E-state index in [0.29, 0.717) is 12.1 Å². The third-order valence-corrected chi connectivity index (χ3v) is 5.47. The van der Waals surface area contributed by atoms with Crippen LogP contribution in [0.5, 0.6) is 0 Å². The number of hydrogen-bond donors (Lipinski definition) is 2. The molecule has 130 valence electrons. The summed E-state index contributed by atoms with van der Waals surface area (Å²) < 4.78 is 5.87. The molecule has 0 aliphatic carbocycles. The second-order valence-corrected chi connectivity index (χ2v) is 7.03. The number of aliphatic hydroxyl groups excluding tert-OH is 1. The molecule has 2 aliphatic rings. The van der Waals surface area contributed by atoms with E-state index in [2.05, 4.69) is 15.3 Å². The third kappa shape index (κ3) is 3.00. The van der Waals surface area contributed by atoms with E-state index < -0.39 is 18.1 Å². The number of nitrogens with zero attached hydrogens (tertiary/aromatic N) is 2. The van der Waals surface area contributed by atoms with Gasteiger partial charge in [-0.2, -0.15) is 0 Å². The number of fused-ring (bicyclic) bond motifs is 2. The molecular weight excluding hydrogens is 365 g/mol. The lowest BCUT2D eigenvalue weighted by atomic mass is 9.74. The fraction of sp³-hybridized carbons (Fsp3) is 0.353. The van der Waals surface area contributed by atoms with E-state index in [4.69, 9.17) is 27.9 Å². The van der Waals surface area contributed by atoms with Crippen LogP contribution in [0.1, 0.15) is 17.9 Å². The molecule has 2 N–H and O–H groups in total. The van der Waals surface area contributed by atoms with Crippen LogP contribution in [0.25, 0.3) is 0 Å². The number of nitrogens with one attached hydrogen (secondary N) is 1. The van der Waals surface area contributed by atoms with Gasteiger partial charge in [0.1, 0.15) is 5.15 Å². The summed E-state index contributed by atoms with van der Waals surface area (Å²) in [6.45, 7) is 0. The maximum atomic E-state index is 12.9. The topological polar surface area (TPSA) is 84.3 Å². The summed E-state index contributed by atoms with van der Waals surface area (Å²) in [5.74, 6) is -0.834. The van der Waals surface area contributed by atoms with Gasteiger partial charge in [0, 0.05) is 24.7 Å². The molecule has 2 fully saturated rings. The van der Waals surface area contributed by atoms with E-state index in [1.54, 1.807) is 18.5 Å². The van der Waals surface area contributed by atoms with Crippen molar-refractivity contribution >= 4 is 34.8 Å². The number of halogens is 2. The molecule has 2 aromatic rings. The first-order valence-corrected chi connectivity index (χ1v) is 8.65. The van der Waals surface area contributed by atoms with Crippen LogP contribution in [0.3, 0.4) is 0 Å². The number of amides is 1. The van der Waals surface area contributed by atoms with Crippen LogP contribution in [0.15, 0.2) is 36.8 Å². The molecule has 2 aromatic heterocycles. The Hall–Kier alpha value is -1.73. The highest BCUT2D eigenvalue weighted by Gasteiger charge is 2.56. The molecule has 2 saturated heterocycles. The molecule has 6 nitrogen and oxygen atoms in total. The largest absolute Gasteiger partial charge is 0.390 e. The average molecular weight is 380 g/mol. The number of carbonyl (C=O) groups is 1. The van der Waals surface area contributed by atoms with Gasteiger partial charge in [-0.25, -0.2) is 4.98 Å². The van der Waals surface area contributed by atoms with Crippen molar-refractivity contribution in [2.24, 2.45) is 5.92 Å². The maximum Gasteiger partial charge on any atom is 0.230 e. The van der Waals surface area contributed by atoms with Gasteiger partial charge in [0.05, 0.1) is 41.1 Å². The molecule has 1 amide bonds. The summed E-state index contributed by atoms with van der Waals surface area (Å²) >= 11 is 11.8. The quantitative estimate of drug-likeness (QED) is 0.800. The summed E-state index contributed by atoms with van der Waals surface area (Å²) in [5.41, 5.74) is 1.39. The van der Waals surface area contributed by atoms with E-state index in [-0.39, 0.29) is 28.1 Å². The normalized spacial score (nSPS) is 30.4. The highest BCUT2D eigenvalue weighted by Crippen LogP contribution is 2.49. The van der Waals surface area contributed by atoms with E-state index in [1.807, 2.05) is 12.1 Å². The number of pyridine rings is 2. The first kappa shape index (κ1) is 16.7. The van der Waals surface area contributed by atoms with Gasteiger partial charge in [-0.05, 0) is 23.8 Å². The number of hydrogen-bond acceptors (Lipinski definition) is 5. The van der Waals surface area contributed by atoms with Gasteiger partial charge in [-0.3, -0.25) is 9.78 Å². The highest BCUT2D eigenvalue weighted by atomic mass is 35.5. The summed E-state index contributed by atoms with van der Waals surface area (Å²) in [6.07, 6.45) is 3.96. The van der Waals surface area contributed by atoms with Gasteiger partial charge in [0.25, 0.3) is 0 Å². The smallest absolute Gasteiger partial charge is 0.230 e. The molecule has 0 radical (unpaired) electrons. The number of aromatic nitrogens is 2. The van der Waals surface area contributed by atoms with Crippen molar-refractivity contribution in [1.29, 1.82) is 0 Å². The molecule has 4 heterocycles. The maximum absolute atomic E-state index is 12.9. The molecule has 0 spiro atoms. The Bertz CT molecular complexity index is 805. The minimum atomic E-state index is -0.571. The number of aliphatic hydroxyl groups is 1. The second-order valence-electron chi connectivity index (χ2n) is 6.26. The minimum absolute atomic E-state index is 0.181. The summed E-state index contributed by atoms with van der Waals surface area (Å²) in [7, 11) is 0. The molecule has 2 aliphatic heterocycles. The van der Waals surface area contributed by atoms with Crippen molar-refractivity contribution in [3.05, 3.63) is 52.5 Å². The fourth-order valence-corrected chi connectivity index (χ4v) is 4.01. The Morgan fingerprint density at radius 1 is 1.32 bits per heavy atom. The predicted octanol–water partition coefficient (Wildman–Crippen LogP) is 2.65. The SMILES string of the molecule is O=C(Nc1cnc(Cl)c(Cl)c1)C1[C@@H]2C[C@@H](O)[C@@H](O2)[C@H]1c1ccncc1. The van der Waals surface area contributed by atoms with Gasteiger partial charge in [0.15, 0.2) is 0 Å². The number of rotatable bonds is 3. The molecule has 1 unspecified atom stereocenters. The fourth-order valence-electron chi connectivity index (χ4n) is 3.74. The van der Waals surface area contributed by atoms with Crippen molar-refractivity contribution in [3.8, 4) is 0 Å². The lowest BCUT2D eigenvalue weighted by molar-refractivity contribution is -0.121. The lowest BCUT2D eigenvalue weighted by Gasteiger charge is -2.30. The van der Waals surface area contributed by atoms with Gasteiger partial charge in [-0.1, -0.05) is 23.2 Å². The monoisotopic (exact) mass is 379 g/mol. The predicted molar refractivity (Wildman–Crippen MR) is 92.6 cm³/mol. The van der Waals surface area contributed by atoms with Crippen LogP contribution < -0.4 is 5.32 Å². The average Bonchev–Trinajstić information content (AvgIpc) is 3.16. The molecule has 5 atom stereocenters. The molecule has 25 heavy (non-hydrogen) atoms. The summed E-state index contributed by atoms with van der Waals surface area (Å²) in [5, 5.41) is 13.5. The summed E-state index contributed by atoms with van der Waals surface area (Å²) in [6, 6.07) is 5.25. The first-order chi connectivity index (χ1) is 12.0. The molecule has 0 saturated carbocycles. The van der Waals surface area contributed by atoms with E-state index in [0.717, 1.165) is 5.56 Å².